The van der Waals surface area contributed by atoms with Crippen molar-refractivity contribution < 1.29 is 24.6 Å². The standard InChI is InChI=1S/C29H43N5O5/c1-6-21(19(4)5)14-26(35)23(12-18(2)3)32-28(37)25(15-22-16-30-17-31-22)33-27(36)24(34-29(38)39)13-20-10-8-7-9-11-20/h6-11,16-19,21,23-26,34-35H,1,12-15H2,2-5H3,(H,30,31)(H,32,37)(H,33,36)(H,38,39)/t21-,23-,24-,25-,26-/m0/s1. The molecule has 2 rings (SSSR count). The largest absolute Gasteiger partial charge is 0.465 e. The zero-order valence-electron chi connectivity index (χ0n) is 23.3. The summed E-state index contributed by atoms with van der Waals surface area (Å²) in [5.41, 5.74) is 1.39. The molecule has 39 heavy (non-hydrogen) atoms. The summed E-state index contributed by atoms with van der Waals surface area (Å²) in [7, 11) is 0. The number of benzene rings is 1. The maximum Gasteiger partial charge on any atom is 0.405 e. The van der Waals surface area contributed by atoms with Gasteiger partial charge in [0.1, 0.15) is 12.1 Å². The fourth-order valence-electron chi connectivity index (χ4n) is 4.49. The fraction of sp³-hybridized carbons (Fsp3) is 0.517. The molecule has 0 fully saturated rings. The van der Waals surface area contributed by atoms with Crippen molar-refractivity contribution in [3.63, 3.8) is 0 Å². The molecule has 6 N–H and O–H groups in total. The normalized spacial score (nSPS) is 15.2. The quantitative estimate of drug-likeness (QED) is 0.179. The number of aromatic amines is 1. The van der Waals surface area contributed by atoms with Crippen molar-refractivity contribution >= 4 is 17.9 Å². The number of rotatable bonds is 16. The van der Waals surface area contributed by atoms with Crippen LogP contribution >= 0.6 is 0 Å². The lowest BCUT2D eigenvalue weighted by Crippen LogP contribution is -2.57. The molecule has 214 valence electrons. The van der Waals surface area contributed by atoms with Crippen molar-refractivity contribution in [2.75, 3.05) is 0 Å². The van der Waals surface area contributed by atoms with Gasteiger partial charge in [0, 0.05) is 24.7 Å². The molecular formula is C29H43N5O5. The number of nitrogens with one attached hydrogen (secondary N) is 4. The van der Waals surface area contributed by atoms with Crippen LogP contribution in [-0.4, -0.2) is 62.3 Å². The van der Waals surface area contributed by atoms with Crippen LogP contribution in [0.15, 0.2) is 55.5 Å². The topological polar surface area (TPSA) is 156 Å². The van der Waals surface area contributed by atoms with Crippen molar-refractivity contribution in [2.45, 2.75) is 77.6 Å². The Labute approximate surface area is 230 Å². The van der Waals surface area contributed by atoms with Gasteiger partial charge in [0.05, 0.1) is 18.5 Å². The van der Waals surface area contributed by atoms with E-state index >= 15 is 0 Å². The lowest BCUT2D eigenvalue weighted by atomic mass is 9.86. The van der Waals surface area contributed by atoms with Crippen molar-refractivity contribution in [2.24, 2.45) is 17.8 Å². The number of allylic oxidation sites excluding steroid dienone is 1. The highest BCUT2D eigenvalue weighted by Crippen LogP contribution is 2.22. The van der Waals surface area contributed by atoms with Gasteiger partial charge in [-0.15, -0.1) is 6.58 Å². The first kappa shape index (κ1) is 31.6. The summed E-state index contributed by atoms with van der Waals surface area (Å²) in [6.07, 6.45) is 3.90. The summed E-state index contributed by atoms with van der Waals surface area (Å²) < 4.78 is 0. The number of aliphatic hydroxyl groups is 1. The predicted molar refractivity (Wildman–Crippen MR) is 150 cm³/mol. The van der Waals surface area contributed by atoms with Crippen molar-refractivity contribution in [1.82, 2.24) is 25.9 Å². The lowest BCUT2D eigenvalue weighted by molar-refractivity contribution is -0.131. The molecule has 0 aliphatic rings. The van der Waals surface area contributed by atoms with E-state index in [9.17, 15) is 24.6 Å². The molecule has 3 amide bonds. The van der Waals surface area contributed by atoms with E-state index in [1.165, 1.54) is 6.33 Å². The SMILES string of the molecule is C=C[C@@H](C[C@H](O)[C@H](CC(C)C)NC(=O)[C@H](Cc1cnc[nH]1)NC(=O)[C@H](Cc1ccccc1)NC(=O)O)C(C)C. The van der Waals surface area contributed by atoms with Gasteiger partial charge in [0.2, 0.25) is 11.8 Å². The molecule has 1 aromatic carbocycles. The molecule has 10 heteroatoms. The molecule has 10 nitrogen and oxygen atoms in total. The monoisotopic (exact) mass is 541 g/mol. The second-order valence-corrected chi connectivity index (χ2v) is 10.7. The number of carbonyl (C=O) groups excluding carboxylic acids is 2. The van der Waals surface area contributed by atoms with E-state index in [0.29, 0.717) is 18.5 Å². The Morgan fingerprint density at radius 2 is 1.62 bits per heavy atom. The summed E-state index contributed by atoms with van der Waals surface area (Å²) in [6.45, 7) is 12.0. The third-order valence-corrected chi connectivity index (χ3v) is 6.70. The summed E-state index contributed by atoms with van der Waals surface area (Å²) in [4.78, 5) is 45.2. The third kappa shape index (κ3) is 10.9. The lowest BCUT2D eigenvalue weighted by Gasteiger charge is -2.31. The van der Waals surface area contributed by atoms with E-state index in [2.05, 4.69) is 46.3 Å². The van der Waals surface area contributed by atoms with Crippen LogP contribution in [0.2, 0.25) is 0 Å². The van der Waals surface area contributed by atoms with E-state index < -0.39 is 42.1 Å². The summed E-state index contributed by atoms with van der Waals surface area (Å²) in [5, 5.41) is 28.4. The molecule has 1 heterocycles. The number of carboxylic acid groups (broad SMARTS) is 1. The Kier molecular flexibility index (Phi) is 12.7. The summed E-state index contributed by atoms with van der Waals surface area (Å²) in [6, 6.07) is 6.33. The maximum absolute atomic E-state index is 13.6. The van der Waals surface area contributed by atoms with E-state index in [4.69, 9.17) is 0 Å². The molecule has 0 saturated carbocycles. The molecule has 0 saturated heterocycles. The number of H-pyrrole nitrogens is 1. The number of nitrogens with zero attached hydrogens (tertiary/aromatic N) is 1. The van der Waals surface area contributed by atoms with E-state index in [1.54, 1.807) is 30.5 Å². The molecule has 0 aliphatic heterocycles. The molecule has 2 aromatic rings. The van der Waals surface area contributed by atoms with Gasteiger partial charge < -0.3 is 31.1 Å². The Morgan fingerprint density at radius 3 is 2.15 bits per heavy atom. The van der Waals surface area contributed by atoms with Crippen LogP contribution in [-0.2, 0) is 22.4 Å². The highest BCUT2D eigenvalue weighted by Gasteiger charge is 2.31. The van der Waals surface area contributed by atoms with Gasteiger partial charge in [-0.3, -0.25) is 9.59 Å². The average Bonchev–Trinajstić information content (AvgIpc) is 3.39. The highest BCUT2D eigenvalue weighted by atomic mass is 16.4. The van der Waals surface area contributed by atoms with Crippen LogP contribution < -0.4 is 16.0 Å². The van der Waals surface area contributed by atoms with E-state index in [1.807, 2.05) is 26.0 Å². The zero-order valence-corrected chi connectivity index (χ0v) is 23.3. The molecule has 0 aliphatic carbocycles. The van der Waals surface area contributed by atoms with E-state index in [0.717, 1.165) is 5.56 Å². The summed E-state index contributed by atoms with van der Waals surface area (Å²) >= 11 is 0. The second kappa shape index (κ2) is 15.7. The average molecular weight is 542 g/mol. The van der Waals surface area contributed by atoms with Crippen LogP contribution in [0, 0.1) is 17.8 Å². The molecule has 1 aromatic heterocycles. The van der Waals surface area contributed by atoms with Gasteiger partial charge >= 0.3 is 6.09 Å². The molecule has 0 spiro atoms. The minimum Gasteiger partial charge on any atom is -0.465 e. The number of amides is 3. The number of imidazole rings is 1. The number of hydrogen-bond donors (Lipinski definition) is 6. The maximum atomic E-state index is 13.6. The first-order valence-corrected chi connectivity index (χ1v) is 13.4. The molecule has 0 bridgehead atoms. The Bertz CT molecular complexity index is 1040. The highest BCUT2D eigenvalue weighted by molar-refractivity contribution is 5.91. The van der Waals surface area contributed by atoms with Gasteiger partial charge in [0.25, 0.3) is 0 Å². The third-order valence-electron chi connectivity index (χ3n) is 6.70. The number of aromatic nitrogens is 2. The van der Waals surface area contributed by atoms with Crippen LogP contribution in [0.3, 0.4) is 0 Å². The molecule has 5 atom stereocenters. The minimum atomic E-state index is -1.34. The van der Waals surface area contributed by atoms with Gasteiger partial charge in [-0.2, -0.15) is 0 Å². The predicted octanol–water partition coefficient (Wildman–Crippen LogP) is 3.06. The van der Waals surface area contributed by atoms with Crippen molar-refractivity contribution in [1.29, 1.82) is 0 Å². The fourth-order valence-corrected chi connectivity index (χ4v) is 4.49. The summed E-state index contributed by atoms with van der Waals surface area (Å²) in [5.74, 6) is -0.553. The number of carbonyl (C=O) groups is 3. The zero-order chi connectivity index (χ0) is 28.9. The van der Waals surface area contributed by atoms with Crippen LogP contribution in [0.5, 0.6) is 0 Å². The molecule has 0 unspecified atom stereocenters. The van der Waals surface area contributed by atoms with Crippen molar-refractivity contribution in [3.05, 3.63) is 66.8 Å². The Morgan fingerprint density at radius 1 is 0.974 bits per heavy atom. The number of aliphatic hydroxyl groups excluding tert-OH is 1. The Balaban J connectivity index is 2.25. The van der Waals surface area contributed by atoms with Crippen LogP contribution in [0.25, 0.3) is 0 Å². The first-order valence-electron chi connectivity index (χ1n) is 13.4. The minimum absolute atomic E-state index is 0.0768. The van der Waals surface area contributed by atoms with E-state index in [-0.39, 0.29) is 30.6 Å². The Hall–Kier alpha value is -3.66. The van der Waals surface area contributed by atoms with Gasteiger partial charge in [-0.05, 0) is 36.2 Å². The smallest absolute Gasteiger partial charge is 0.405 e. The second-order valence-electron chi connectivity index (χ2n) is 10.7. The van der Waals surface area contributed by atoms with Crippen molar-refractivity contribution in [3.8, 4) is 0 Å². The van der Waals surface area contributed by atoms with Gasteiger partial charge in [-0.25, -0.2) is 9.78 Å². The number of hydrogen-bond acceptors (Lipinski definition) is 5. The van der Waals surface area contributed by atoms with Gasteiger partial charge in [0.15, 0.2) is 0 Å². The van der Waals surface area contributed by atoms with Crippen LogP contribution in [0.1, 0.15) is 51.8 Å². The van der Waals surface area contributed by atoms with Crippen LogP contribution in [0.4, 0.5) is 4.79 Å². The molecular weight excluding hydrogens is 498 g/mol. The molecule has 0 radical (unpaired) electrons. The first-order chi connectivity index (χ1) is 18.5. The van der Waals surface area contributed by atoms with Gasteiger partial charge in [-0.1, -0.05) is 64.1 Å².